The number of aromatic nitrogens is 2. The number of thiocarbonyl (C=S) groups is 1. The normalized spacial score (nSPS) is 18.7. The summed E-state index contributed by atoms with van der Waals surface area (Å²) < 4.78 is 2.34. The van der Waals surface area contributed by atoms with Crippen LogP contribution in [0.25, 0.3) is 5.69 Å². The van der Waals surface area contributed by atoms with E-state index in [0.717, 1.165) is 12.1 Å². The van der Waals surface area contributed by atoms with Gasteiger partial charge < -0.3 is 19.9 Å². The Morgan fingerprint density at radius 1 is 1.13 bits per heavy atom. The molecule has 0 spiro atoms. The Labute approximate surface area is 183 Å². The van der Waals surface area contributed by atoms with Gasteiger partial charge in [0.25, 0.3) is 0 Å². The van der Waals surface area contributed by atoms with Crippen molar-refractivity contribution >= 4 is 17.3 Å². The van der Waals surface area contributed by atoms with Crippen molar-refractivity contribution in [3.05, 3.63) is 82.9 Å². The number of rotatable bonds is 6. The molecule has 0 bridgehead atoms. The van der Waals surface area contributed by atoms with Crippen LogP contribution in [0.4, 0.5) is 0 Å². The highest BCUT2D eigenvalue weighted by atomic mass is 32.1. The van der Waals surface area contributed by atoms with Gasteiger partial charge in [0, 0.05) is 29.8 Å². The minimum absolute atomic E-state index is 0.0340. The van der Waals surface area contributed by atoms with Gasteiger partial charge in [0.2, 0.25) is 0 Å². The fraction of sp³-hybridized carbons (Fsp3) is 0.333. The summed E-state index contributed by atoms with van der Waals surface area (Å²) in [6.45, 7) is 7.03. The molecule has 6 heteroatoms. The van der Waals surface area contributed by atoms with E-state index in [1.165, 1.54) is 28.2 Å². The number of nitrogens with one attached hydrogen (secondary N) is 1. The summed E-state index contributed by atoms with van der Waals surface area (Å²) in [4.78, 5) is 6.68. The molecule has 0 aliphatic carbocycles. The van der Waals surface area contributed by atoms with E-state index in [0.29, 0.717) is 11.7 Å². The Kier molecular flexibility index (Phi) is 5.88. The Balaban J connectivity index is 1.85. The quantitative estimate of drug-likeness (QED) is 0.590. The third-order valence-electron chi connectivity index (χ3n) is 5.94. The SMILES string of the molecule is CCc1ccccc1-n1c(C)cc([C@@H]2[C@H](c3ccccn3)NC(=S)N2CCO)c1C. The van der Waals surface area contributed by atoms with E-state index in [1.54, 1.807) is 0 Å². The number of hydrogen-bond acceptors (Lipinski definition) is 3. The van der Waals surface area contributed by atoms with Crippen LogP contribution in [0.15, 0.2) is 54.7 Å². The molecule has 0 radical (unpaired) electrons. The minimum Gasteiger partial charge on any atom is -0.395 e. The molecule has 1 aliphatic heterocycles. The number of β-amino-alcohol motifs (C(OH)–C–C–N with tert-alkyl or cyclic N) is 1. The summed E-state index contributed by atoms with van der Waals surface area (Å²) in [5, 5.41) is 13.8. The largest absolute Gasteiger partial charge is 0.395 e. The van der Waals surface area contributed by atoms with Crippen LogP contribution in [0.5, 0.6) is 0 Å². The third-order valence-corrected chi connectivity index (χ3v) is 6.29. The number of hydrogen-bond donors (Lipinski definition) is 2. The van der Waals surface area contributed by atoms with Crippen molar-refractivity contribution in [1.29, 1.82) is 0 Å². The maximum atomic E-state index is 9.69. The molecule has 3 heterocycles. The average Bonchev–Trinajstić information content (AvgIpc) is 3.24. The molecule has 4 rings (SSSR count). The number of aliphatic hydroxyl groups excluding tert-OH is 1. The molecule has 156 valence electrons. The Bertz CT molecular complexity index is 1050. The average molecular weight is 421 g/mol. The second-order valence-corrected chi connectivity index (χ2v) is 8.07. The van der Waals surface area contributed by atoms with E-state index in [1.807, 2.05) is 24.4 Å². The first kappa shape index (κ1) is 20.6. The van der Waals surface area contributed by atoms with E-state index in [4.69, 9.17) is 12.2 Å². The summed E-state index contributed by atoms with van der Waals surface area (Å²) in [6, 6.07) is 16.7. The van der Waals surface area contributed by atoms with Gasteiger partial charge in [-0.15, -0.1) is 0 Å². The Hall–Kier alpha value is -2.70. The van der Waals surface area contributed by atoms with Crippen molar-refractivity contribution < 1.29 is 5.11 Å². The number of nitrogens with zero attached hydrogens (tertiary/aromatic N) is 3. The van der Waals surface area contributed by atoms with Crippen molar-refractivity contribution in [2.45, 2.75) is 39.3 Å². The van der Waals surface area contributed by atoms with E-state index in [-0.39, 0.29) is 18.7 Å². The van der Waals surface area contributed by atoms with Gasteiger partial charge in [-0.1, -0.05) is 31.2 Å². The monoisotopic (exact) mass is 420 g/mol. The third kappa shape index (κ3) is 3.50. The van der Waals surface area contributed by atoms with Gasteiger partial charge in [0.15, 0.2) is 5.11 Å². The molecule has 0 amide bonds. The van der Waals surface area contributed by atoms with Crippen LogP contribution >= 0.6 is 12.2 Å². The molecule has 30 heavy (non-hydrogen) atoms. The standard InChI is InChI=1S/C24H28N4OS/c1-4-18-9-5-6-11-21(18)28-16(2)15-19(17(28)3)23-22(20-10-7-8-12-25-20)26-24(30)27(23)13-14-29/h5-12,15,22-23,29H,4,13-14H2,1-3H3,(H,26,30)/t22-,23+/m0/s1. The van der Waals surface area contributed by atoms with Crippen LogP contribution in [0.3, 0.4) is 0 Å². The molecule has 1 aromatic carbocycles. The molecular weight excluding hydrogens is 392 g/mol. The molecule has 1 fully saturated rings. The topological polar surface area (TPSA) is 53.3 Å². The van der Waals surface area contributed by atoms with Gasteiger partial charge in [-0.05, 0) is 67.9 Å². The first-order valence-corrected chi connectivity index (χ1v) is 10.8. The lowest BCUT2D eigenvalue weighted by Crippen LogP contribution is -2.32. The molecule has 3 aromatic rings. The highest BCUT2D eigenvalue weighted by Gasteiger charge is 2.41. The van der Waals surface area contributed by atoms with Crippen molar-refractivity contribution in [3.63, 3.8) is 0 Å². The van der Waals surface area contributed by atoms with Gasteiger partial charge >= 0.3 is 0 Å². The van der Waals surface area contributed by atoms with Crippen LogP contribution in [0, 0.1) is 13.8 Å². The predicted octanol–water partition coefficient (Wildman–Crippen LogP) is 4.02. The maximum absolute atomic E-state index is 9.69. The van der Waals surface area contributed by atoms with Gasteiger partial charge in [-0.25, -0.2) is 0 Å². The molecular formula is C24H28N4OS. The summed E-state index contributed by atoms with van der Waals surface area (Å²) in [6.07, 6.45) is 2.79. The predicted molar refractivity (Wildman–Crippen MR) is 124 cm³/mol. The van der Waals surface area contributed by atoms with Crippen LogP contribution < -0.4 is 5.32 Å². The first-order chi connectivity index (χ1) is 14.6. The highest BCUT2D eigenvalue weighted by molar-refractivity contribution is 7.80. The Morgan fingerprint density at radius 3 is 2.60 bits per heavy atom. The molecule has 2 N–H and O–H groups in total. The number of para-hydroxylation sites is 1. The second-order valence-electron chi connectivity index (χ2n) is 7.69. The molecule has 2 atom stereocenters. The van der Waals surface area contributed by atoms with Gasteiger partial charge in [-0.2, -0.15) is 0 Å². The van der Waals surface area contributed by atoms with E-state index < -0.39 is 0 Å². The fourth-order valence-electron chi connectivity index (χ4n) is 4.58. The van der Waals surface area contributed by atoms with Gasteiger partial charge in [0.05, 0.1) is 24.4 Å². The molecule has 0 saturated carbocycles. The van der Waals surface area contributed by atoms with Crippen molar-refractivity contribution in [1.82, 2.24) is 19.8 Å². The smallest absolute Gasteiger partial charge is 0.170 e. The van der Waals surface area contributed by atoms with Gasteiger partial charge in [0.1, 0.15) is 0 Å². The summed E-state index contributed by atoms with van der Waals surface area (Å²) >= 11 is 5.65. The number of aryl methyl sites for hydroxylation is 2. The first-order valence-electron chi connectivity index (χ1n) is 10.4. The zero-order valence-corrected chi connectivity index (χ0v) is 18.5. The lowest BCUT2D eigenvalue weighted by molar-refractivity contribution is 0.223. The minimum atomic E-state index is -0.0689. The van der Waals surface area contributed by atoms with Crippen molar-refractivity contribution in [2.24, 2.45) is 0 Å². The summed E-state index contributed by atoms with van der Waals surface area (Å²) in [5.41, 5.74) is 7.06. The lowest BCUT2D eigenvalue weighted by atomic mass is 9.97. The van der Waals surface area contributed by atoms with Crippen LogP contribution in [0.1, 0.15) is 47.2 Å². The maximum Gasteiger partial charge on any atom is 0.170 e. The number of pyridine rings is 1. The van der Waals surface area contributed by atoms with Crippen LogP contribution in [-0.2, 0) is 6.42 Å². The lowest BCUT2D eigenvalue weighted by Gasteiger charge is -2.27. The van der Waals surface area contributed by atoms with E-state index >= 15 is 0 Å². The Morgan fingerprint density at radius 2 is 1.90 bits per heavy atom. The highest BCUT2D eigenvalue weighted by Crippen LogP contribution is 2.41. The summed E-state index contributed by atoms with van der Waals surface area (Å²) in [5.74, 6) is 0. The van der Waals surface area contributed by atoms with E-state index in [2.05, 4.69) is 70.9 Å². The zero-order chi connectivity index (χ0) is 21.3. The van der Waals surface area contributed by atoms with Crippen molar-refractivity contribution in [3.8, 4) is 5.69 Å². The van der Waals surface area contributed by atoms with Crippen molar-refractivity contribution in [2.75, 3.05) is 13.2 Å². The fourth-order valence-corrected chi connectivity index (χ4v) is 4.91. The summed E-state index contributed by atoms with van der Waals surface area (Å²) in [7, 11) is 0. The molecule has 2 aromatic heterocycles. The number of benzene rings is 1. The van der Waals surface area contributed by atoms with Crippen LogP contribution in [0.2, 0.25) is 0 Å². The second kappa shape index (κ2) is 8.58. The molecule has 0 unspecified atom stereocenters. The molecule has 5 nitrogen and oxygen atoms in total. The van der Waals surface area contributed by atoms with Crippen LogP contribution in [-0.4, -0.2) is 37.8 Å². The molecule has 1 saturated heterocycles. The molecule has 1 aliphatic rings. The zero-order valence-electron chi connectivity index (χ0n) is 17.7. The van der Waals surface area contributed by atoms with E-state index in [9.17, 15) is 5.11 Å². The van der Waals surface area contributed by atoms with Gasteiger partial charge in [-0.3, -0.25) is 4.98 Å². The number of aliphatic hydroxyl groups is 1.